The zero-order chi connectivity index (χ0) is 33.3. The van der Waals surface area contributed by atoms with Gasteiger partial charge >= 0.3 is 55.8 Å². The number of anilines is 2. The van der Waals surface area contributed by atoms with Crippen LogP contribution in [0.3, 0.4) is 0 Å². The third-order valence-corrected chi connectivity index (χ3v) is 5.38. The molecule has 0 spiro atoms. The van der Waals surface area contributed by atoms with Crippen LogP contribution in [-0.2, 0) is 78.1 Å². The standard InChI is InChI=1S/2C11H11N3.2CHF3O3S.2Ag/c2*1-3-7-12-10(5-1)9-14-11-6-2-4-8-13-11;2*2-1(3,4)8(5,6)7;;/h2*1-8H,9H2,(H,13,14);2*(H,5,6,7);;/q;;;;2*+1/p-2. The normalized spacial score (nSPS) is 10.8. The predicted molar refractivity (Wildman–Crippen MR) is 143 cm³/mol. The van der Waals surface area contributed by atoms with E-state index < -0.39 is 31.3 Å². The molecule has 2 N–H and O–H groups in total. The quantitative estimate of drug-likeness (QED) is 0.121. The predicted octanol–water partition coefficient (Wildman–Crippen LogP) is 4.28. The van der Waals surface area contributed by atoms with E-state index in [1.54, 1.807) is 24.8 Å². The molecule has 46 heavy (non-hydrogen) atoms. The largest absolute Gasteiger partial charge is 1.00 e. The van der Waals surface area contributed by atoms with E-state index in [-0.39, 0.29) is 44.8 Å². The molecular weight excluding hydrogens is 862 g/mol. The minimum absolute atomic E-state index is 0. The van der Waals surface area contributed by atoms with Crippen LogP contribution in [-0.4, -0.2) is 56.9 Å². The van der Waals surface area contributed by atoms with Crippen LogP contribution in [0.4, 0.5) is 38.0 Å². The van der Waals surface area contributed by atoms with Gasteiger partial charge in [0.25, 0.3) is 0 Å². The van der Waals surface area contributed by atoms with Crippen LogP contribution in [0.2, 0.25) is 0 Å². The summed E-state index contributed by atoms with van der Waals surface area (Å²) in [7, 11) is -12.2. The van der Waals surface area contributed by atoms with E-state index in [2.05, 4.69) is 30.6 Å². The Bertz CT molecular complexity index is 1380. The van der Waals surface area contributed by atoms with Crippen molar-refractivity contribution in [3.8, 4) is 0 Å². The molecule has 12 nitrogen and oxygen atoms in total. The molecule has 4 aromatic rings. The molecule has 0 saturated carbocycles. The molecule has 4 aromatic heterocycles. The van der Waals surface area contributed by atoms with Gasteiger partial charge in [-0.15, -0.1) is 0 Å². The first-order chi connectivity index (χ1) is 20.4. The SMILES string of the molecule is O=S(=O)([O-])C(F)(F)F.O=S(=O)([O-])C(F)(F)F.[Ag+].[Ag+].c1ccc(CNc2ccccn2)nc1.c1ccc(CNc2ccccn2)nc1. The van der Waals surface area contributed by atoms with Gasteiger partial charge in [0.05, 0.1) is 24.5 Å². The molecule has 0 aliphatic heterocycles. The molecule has 260 valence electrons. The van der Waals surface area contributed by atoms with E-state index in [1.165, 1.54) is 0 Å². The summed E-state index contributed by atoms with van der Waals surface area (Å²) in [6.07, 6.45) is 7.10. The molecule has 0 aliphatic carbocycles. The molecule has 0 radical (unpaired) electrons. The van der Waals surface area contributed by atoms with Crippen molar-refractivity contribution in [2.45, 2.75) is 24.1 Å². The number of pyridine rings is 4. The zero-order valence-corrected chi connectivity index (χ0v) is 27.2. The van der Waals surface area contributed by atoms with E-state index in [9.17, 15) is 26.3 Å². The summed E-state index contributed by atoms with van der Waals surface area (Å²) in [5.74, 6) is 1.75. The maximum atomic E-state index is 10.7. The van der Waals surface area contributed by atoms with Gasteiger partial charge < -0.3 is 19.7 Å². The average Bonchev–Trinajstić information content (AvgIpc) is 2.96. The van der Waals surface area contributed by atoms with Crippen molar-refractivity contribution in [3.63, 3.8) is 0 Å². The van der Waals surface area contributed by atoms with Gasteiger partial charge in [-0.3, -0.25) is 9.97 Å². The van der Waals surface area contributed by atoms with Crippen molar-refractivity contribution >= 4 is 31.9 Å². The molecule has 0 unspecified atom stereocenters. The Hall–Kier alpha value is -2.92. The van der Waals surface area contributed by atoms with E-state index in [0.29, 0.717) is 13.1 Å². The van der Waals surface area contributed by atoms with Crippen LogP contribution in [0, 0.1) is 0 Å². The van der Waals surface area contributed by atoms with Gasteiger partial charge in [0.1, 0.15) is 11.6 Å². The minimum atomic E-state index is -6.09. The Balaban J connectivity index is 0. The molecule has 4 rings (SSSR count). The van der Waals surface area contributed by atoms with Crippen LogP contribution >= 0.6 is 0 Å². The van der Waals surface area contributed by atoms with E-state index in [0.717, 1.165) is 23.0 Å². The van der Waals surface area contributed by atoms with Gasteiger partial charge in [0.2, 0.25) is 0 Å². The fourth-order valence-electron chi connectivity index (χ4n) is 2.30. The van der Waals surface area contributed by atoms with Crippen LogP contribution in [0.1, 0.15) is 11.4 Å². The summed E-state index contributed by atoms with van der Waals surface area (Å²) >= 11 is 0. The number of nitrogens with one attached hydrogen (secondary N) is 2. The van der Waals surface area contributed by atoms with E-state index >= 15 is 0 Å². The third kappa shape index (κ3) is 20.3. The monoisotopic (exact) mass is 882 g/mol. The van der Waals surface area contributed by atoms with Crippen molar-refractivity contribution in [1.29, 1.82) is 0 Å². The topological polar surface area (TPSA) is 190 Å². The number of nitrogens with zero attached hydrogens (tertiary/aromatic N) is 4. The van der Waals surface area contributed by atoms with Gasteiger partial charge in [-0.05, 0) is 48.5 Å². The first-order valence-electron chi connectivity index (χ1n) is 11.5. The second kappa shape index (κ2) is 21.8. The van der Waals surface area contributed by atoms with Gasteiger partial charge in [-0.1, -0.05) is 24.3 Å². The summed E-state index contributed by atoms with van der Waals surface area (Å²) in [4.78, 5) is 16.7. The minimum Gasteiger partial charge on any atom is -0.741 e. The van der Waals surface area contributed by atoms with Gasteiger partial charge in [-0.2, -0.15) is 26.3 Å². The number of alkyl halides is 6. The maximum Gasteiger partial charge on any atom is 1.00 e. The van der Waals surface area contributed by atoms with Crippen molar-refractivity contribution < 1.29 is 97.0 Å². The molecule has 0 aromatic carbocycles. The summed E-state index contributed by atoms with van der Waals surface area (Å²) in [6.45, 7) is 1.41. The molecule has 0 bridgehead atoms. The van der Waals surface area contributed by atoms with Crippen LogP contribution in [0.15, 0.2) is 97.6 Å². The summed E-state index contributed by atoms with van der Waals surface area (Å²) in [5, 5.41) is 6.37. The average molecular weight is 884 g/mol. The zero-order valence-electron chi connectivity index (χ0n) is 22.6. The molecule has 0 fully saturated rings. The fourth-order valence-corrected chi connectivity index (χ4v) is 2.30. The molecule has 22 heteroatoms. The number of hydrogen-bond acceptors (Lipinski definition) is 12. The Kier molecular flexibility index (Phi) is 21.4. The maximum absolute atomic E-state index is 10.7. The number of halogens is 6. The van der Waals surface area contributed by atoms with Gasteiger partial charge in [-0.25, -0.2) is 26.8 Å². The summed E-state index contributed by atoms with van der Waals surface area (Å²) in [5.41, 5.74) is -9.27. The molecule has 4 heterocycles. The Labute approximate surface area is 291 Å². The van der Waals surface area contributed by atoms with Crippen LogP contribution < -0.4 is 10.6 Å². The molecule has 0 amide bonds. The van der Waals surface area contributed by atoms with Crippen LogP contribution in [0.5, 0.6) is 0 Å². The molecule has 0 aliphatic rings. The molecule has 0 saturated heterocycles. The Morgan fingerprint density at radius 1 is 0.522 bits per heavy atom. The third-order valence-electron chi connectivity index (χ3n) is 4.25. The second-order valence-electron chi connectivity index (χ2n) is 7.58. The van der Waals surface area contributed by atoms with Crippen molar-refractivity contribution in [1.82, 2.24) is 19.9 Å². The van der Waals surface area contributed by atoms with Crippen molar-refractivity contribution in [2.75, 3.05) is 10.6 Å². The first-order valence-corrected chi connectivity index (χ1v) is 14.4. The summed E-state index contributed by atoms with van der Waals surface area (Å²) < 4.78 is 118. The Morgan fingerprint density at radius 3 is 0.978 bits per heavy atom. The molecule has 0 atom stereocenters. The van der Waals surface area contributed by atoms with E-state index in [1.807, 2.05) is 72.8 Å². The van der Waals surface area contributed by atoms with Crippen molar-refractivity contribution in [2.24, 2.45) is 0 Å². The van der Waals surface area contributed by atoms with Crippen LogP contribution in [0.25, 0.3) is 0 Å². The van der Waals surface area contributed by atoms with E-state index in [4.69, 9.17) is 25.9 Å². The van der Waals surface area contributed by atoms with Gasteiger partial charge in [0.15, 0.2) is 20.2 Å². The first kappa shape index (κ1) is 45.2. The smallest absolute Gasteiger partial charge is 0.741 e. The number of aromatic nitrogens is 4. The van der Waals surface area contributed by atoms with Gasteiger partial charge in [0, 0.05) is 24.8 Å². The molecular formula is C24H22Ag2F6N6O6S2. The number of hydrogen-bond donors (Lipinski definition) is 2. The fraction of sp³-hybridized carbons (Fsp3) is 0.167. The summed E-state index contributed by atoms with van der Waals surface area (Å²) in [6, 6.07) is 23.3. The number of rotatable bonds is 6. The Morgan fingerprint density at radius 2 is 0.783 bits per heavy atom. The van der Waals surface area contributed by atoms with Crippen molar-refractivity contribution in [3.05, 3.63) is 109 Å². The second-order valence-corrected chi connectivity index (χ2v) is 10.3.